The van der Waals surface area contributed by atoms with E-state index < -0.39 is 0 Å². The van der Waals surface area contributed by atoms with Crippen LogP contribution < -0.4 is 19.0 Å². The molecule has 0 amide bonds. The molecular formula is C25H29N3O3S. The second kappa shape index (κ2) is 10.3. The Morgan fingerprint density at radius 2 is 1.78 bits per heavy atom. The summed E-state index contributed by atoms with van der Waals surface area (Å²) in [7, 11) is 4.78. The van der Waals surface area contributed by atoms with Crippen LogP contribution in [-0.2, 0) is 0 Å². The topological polar surface area (TPSA) is 57.3 Å². The van der Waals surface area contributed by atoms with Crippen molar-refractivity contribution in [2.45, 2.75) is 20.8 Å². The van der Waals surface area contributed by atoms with Gasteiger partial charge in [0.1, 0.15) is 0 Å². The van der Waals surface area contributed by atoms with Crippen molar-refractivity contribution in [1.29, 1.82) is 0 Å². The molecule has 0 aliphatic carbocycles. The summed E-state index contributed by atoms with van der Waals surface area (Å²) in [6.07, 6.45) is 1.75. The maximum Gasteiger partial charge on any atom is 0.206 e. The van der Waals surface area contributed by atoms with Gasteiger partial charge < -0.3 is 14.2 Å². The minimum atomic E-state index is 0.524. The number of aromatic nitrogens is 1. The van der Waals surface area contributed by atoms with Gasteiger partial charge in [0.05, 0.1) is 39.8 Å². The Morgan fingerprint density at radius 3 is 2.41 bits per heavy atom. The standard InChI is InChI=1S/C25H29N3O3S/c1-16(2)13-26-25-28(21(15-32-25)19-9-8-17(3)18(4)12-19)27-14-20-10-11-22(29-5)24(31-7)23(20)30-6/h8-12,14-15H,1,13H2,2-7H3. The molecule has 3 aromatic rings. The first-order chi connectivity index (χ1) is 15.4. The van der Waals surface area contributed by atoms with Gasteiger partial charge in [-0.05, 0) is 50.1 Å². The van der Waals surface area contributed by atoms with E-state index in [-0.39, 0.29) is 0 Å². The van der Waals surface area contributed by atoms with E-state index in [1.807, 2.05) is 23.7 Å². The molecule has 0 fully saturated rings. The SMILES string of the molecule is C=C(C)CN=c1scc(-c2ccc(C)c(C)c2)n1N=Cc1ccc(OC)c(OC)c1OC. The predicted octanol–water partition coefficient (Wildman–Crippen LogP) is 5.22. The molecule has 3 rings (SSSR count). The number of benzene rings is 2. The molecule has 0 N–H and O–H groups in total. The summed E-state index contributed by atoms with van der Waals surface area (Å²) in [5.41, 5.74) is 6.28. The van der Waals surface area contributed by atoms with Gasteiger partial charge in [0, 0.05) is 16.5 Å². The molecule has 0 aliphatic heterocycles. The van der Waals surface area contributed by atoms with E-state index in [1.165, 1.54) is 11.1 Å². The van der Waals surface area contributed by atoms with E-state index in [0.717, 1.165) is 27.2 Å². The highest BCUT2D eigenvalue weighted by molar-refractivity contribution is 7.07. The zero-order valence-electron chi connectivity index (χ0n) is 19.4. The van der Waals surface area contributed by atoms with Gasteiger partial charge in [-0.1, -0.05) is 24.3 Å². The molecule has 0 saturated heterocycles. The van der Waals surface area contributed by atoms with Gasteiger partial charge in [-0.3, -0.25) is 4.99 Å². The fraction of sp³-hybridized carbons (Fsp3) is 0.280. The number of methoxy groups -OCH3 is 3. The monoisotopic (exact) mass is 451 g/mol. The van der Waals surface area contributed by atoms with Crippen LogP contribution in [0, 0.1) is 13.8 Å². The lowest BCUT2D eigenvalue weighted by molar-refractivity contribution is 0.324. The number of thiazole rings is 1. The maximum atomic E-state index is 5.59. The third-order valence-corrected chi connectivity index (χ3v) is 5.87. The van der Waals surface area contributed by atoms with Crippen molar-refractivity contribution in [1.82, 2.24) is 4.68 Å². The molecule has 0 spiro atoms. The first-order valence-electron chi connectivity index (χ1n) is 10.2. The molecule has 6 nitrogen and oxygen atoms in total. The quantitative estimate of drug-likeness (QED) is 0.349. The third-order valence-electron chi connectivity index (χ3n) is 5.02. The Morgan fingerprint density at radius 1 is 1.03 bits per heavy atom. The zero-order valence-corrected chi connectivity index (χ0v) is 20.2. The Labute approximate surface area is 193 Å². The van der Waals surface area contributed by atoms with Crippen molar-refractivity contribution in [2.24, 2.45) is 10.1 Å². The van der Waals surface area contributed by atoms with E-state index >= 15 is 0 Å². The Kier molecular flexibility index (Phi) is 7.53. The van der Waals surface area contributed by atoms with Crippen molar-refractivity contribution in [2.75, 3.05) is 27.9 Å². The minimum absolute atomic E-state index is 0.524. The Bertz CT molecular complexity index is 1220. The van der Waals surface area contributed by atoms with Crippen molar-refractivity contribution in [3.63, 3.8) is 0 Å². The maximum absolute atomic E-state index is 5.59. The van der Waals surface area contributed by atoms with Gasteiger partial charge >= 0.3 is 0 Å². The number of hydrogen-bond acceptors (Lipinski definition) is 6. The second-order valence-corrected chi connectivity index (χ2v) is 8.29. The molecule has 168 valence electrons. The molecule has 0 atom stereocenters. The van der Waals surface area contributed by atoms with Crippen LogP contribution >= 0.6 is 11.3 Å². The highest BCUT2D eigenvalue weighted by atomic mass is 32.1. The van der Waals surface area contributed by atoms with E-state index in [4.69, 9.17) is 24.3 Å². The van der Waals surface area contributed by atoms with E-state index in [1.54, 1.807) is 38.9 Å². The number of aryl methyl sites for hydroxylation is 2. The first kappa shape index (κ1) is 23.3. The van der Waals surface area contributed by atoms with Gasteiger partial charge in [0.15, 0.2) is 11.5 Å². The van der Waals surface area contributed by atoms with Crippen molar-refractivity contribution in [3.8, 4) is 28.5 Å². The van der Waals surface area contributed by atoms with Crippen LogP contribution in [0.15, 0.2) is 58.0 Å². The highest BCUT2D eigenvalue weighted by Gasteiger charge is 2.15. The van der Waals surface area contributed by atoms with Crippen LogP contribution in [0.1, 0.15) is 23.6 Å². The molecule has 2 aromatic carbocycles. The van der Waals surface area contributed by atoms with E-state index in [2.05, 4.69) is 44.0 Å². The average molecular weight is 452 g/mol. The van der Waals surface area contributed by atoms with Crippen molar-refractivity contribution >= 4 is 17.6 Å². The Hall–Kier alpha value is -3.32. The van der Waals surface area contributed by atoms with Crippen LogP contribution in [-0.4, -0.2) is 38.8 Å². The lowest BCUT2D eigenvalue weighted by Crippen LogP contribution is -2.13. The molecule has 0 aliphatic rings. The second-order valence-electron chi connectivity index (χ2n) is 7.46. The average Bonchev–Trinajstić information content (AvgIpc) is 3.19. The van der Waals surface area contributed by atoms with E-state index in [0.29, 0.717) is 23.8 Å². The van der Waals surface area contributed by atoms with Gasteiger partial charge in [-0.15, -0.1) is 11.3 Å². The van der Waals surface area contributed by atoms with Gasteiger partial charge in [0.25, 0.3) is 0 Å². The minimum Gasteiger partial charge on any atom is -0.493 e. The summed E-state index contributed by atoms with van der Waals surface area (Å²) in [4.78, 5) is 5.49. The fourth-order valence-electron chi connectivity index (χ4n) is 3.17. The first-order valence-corrected chi connectivity index (χ1v) is 11.0. The van der Waals surface area contributed by atoms with Crippen LogP contribution in [0.5, 0.6) is 17.2 Å². The zero-order chi connectivity index (χ0) is 23.3. The molecule has 1 heterocycles. The largest absolute Gasteiger partial charge is 0.493 e. The van der Waals surface area contributed by atoms with Crippen LogP contribution in [0.2, 0.25) is 0 Å². The van der Waals surface area contributed by atoms with E-state index in [9.17, 15) is 0 Å². The fourth-order valence-corrected chi connectivity index (χ4v) is 4.00. The van der Waals surface area contributed by atoms with Gasteiger partial charge in [0.2, 0.25) is 10.6 Å². The van der Waals surface area contributed by atoms with Crippen molar-refractivity contribution < 1.29 is 14.2 Å². The molecule has 32 heavy (non-hydrogen) atoms. The normalized spacial score (nSPS) is 11.8. The van der Waals surface area contributed by atoms with Crippen LogP contribution in [0.3, 0.4) is 0 Å². The third kappa shape index (κ3) is 4.94. The van der Waals surface area contributed by atoms with Gasteiger partial charge in [-0.2, -0.15) is 5.10 Å². The molecule has 0 unspecified atom stereocenters. The number of nitrogens with zero attached hydrogens (tertiary/aromatic N) is 3. The molecule has 0 radical (unpaired) electrons. The lowest BCUT2D eigenvalue weighted by Gasteiger charge is -2.13. The summed E-state index contributed by atoms with van der Waals surface area (Å²) in [5.74, 6) is 1.67. The van der Waals surface area contributed by atoms with Crippen LogP contribution in [0.25, 0.3) is 11.3 Å². The molecule has 0 bridgehead atoms. The molecule has 0 saturated carbocycles. The summed E-state index contributed by atoms with van der Waals surface area (Å²) < 4.78 is 18.3. The summed E-state index contributed by atoms with van der Waals surface area (Å²) in [5, 5.41) is 6.86. The summed E-state index contributed by atoms with van der Waals surface area (Å²) >= 11 is 1.55. The number of rotatable bonds is 8. The smallest absolute Gasteiger partial charge is 0.206 e. The summed E-state index contributed by atoms with van der Waals surface area (Å²) in [6, 6.07) is 10.1. The Balaban J connectivity index is 2.15. The molecule has 7 heteroatoms. The van der Waals surface area contributed by atoms with Crippen molar-refractivity contribution in [3.05, 3.63) is 69.4 Å². The number of ether oxygens (including phenoxy) is 3. The van der Waals surface area contributed by atoms with Crippen LogP contribution in [0.4, 0.5) is 0 Å². The highest BCUT2D eigenvalue weighted by Crippen LogP contribution is 2.39. The predicted molar refractivity (Wildman–Crippen MR) is 132 cm³/mol. The van der Waals surface area contributed by atoms with Gasteiger partial charge in [-0.25, -0.2) is 4.68 Å². The molecule has 1 aromatic heterocycles. The number of hydrogen-bond donors (Lipinski definition) is 0. The molecular weight excluding hydrogens is 422 g/mol. The summed E-state index contributed by atoms with van der Waals surface area (Å²) in [6.45, 7) is 10.7. The lowest BCUT2D eigenvalue weighted by atomic mass is 10.1.